The van der Waals surface area contributed by atoms with Crippen molar-refractivity contribution in [1.82, 2.24) is 9.97 Å². The van der Waals surface area contributed by atoms with Gasteiger partial charge in [0.1, 0.15) is 11.6 Å². The molecule has 0 amide bonds. The molecule has 0 saturated heterocycles. The zero-order valence-electron chi connectivity index (χ0n) is 12.0. The van der Waals surface area contributed by atoms with Gasteiger partial charge >= 0.3 is 0 Å². The van der Waals surface area contributed by atoms with Gasteiger partial charge in [0.05, 0.1) is 10.2 Å². The van der Waals surface area contributed by atoms with E-state index in [1.54, 1.807) is 0 Å². The number of hydrogen-bond acceptors (Lipinski definition) is 3. The summed E-state index contributed by atoms with van der Waals surface area (Å²) in [5, 5.41) is 3.30. The first kappa shape index (κ1) is 15.0. The normalized spacial score (nSPS) is 10.6. The van der Waals surface area contributed by atoms with Crippen LogP contribution in [0, 0.1) is 0 Å². The van der Waals surface area contributed by atoms with Gasteiger partial charge in [-0.25, -0.2) is 9.97 Å². The third-order valence-electron chi connectivity index (χ3n) is 3.00. The van der Waals surface area contributed by atoms with Crippen LogP contribution in [0.5, 0.6) is 0 Å². The second-order valence-electron chi connectivity index (χ2n) is 4.69. The van der Waals surface area contributed by atoms with Crippen molar-refractivity contribution >= 4 is 21.7 Å². The molecule has 1 N–H and O–H groups in total. The SMILES string of the molecule is CCCc1nc(Cc2ccccc2)nc(NCC)c1Br. The van der Waals surface area contributed by atoms with Gasteiger partial charge in [0.15, 0.2) is 0 Å². The lowest BCUT2D eigenvalue weighted by molar-refractivity contribution is 0.834. The number of benzene rings is 1. The second-order valence-corrected chi connectivity index (χ2v) is 5.48. The van der Waals surface area contributed by atoms with E-state index in [1.807, 2.05) is 18.2 Å². The number of nitrogens with one attached hydrogen (secondary N) is 1. The molecule has 3 nitrogen and oxygen atoms in total. The molecule has 4 heteroatoms. The third-order valence-corrected chi connectivity index (χ3v) is 3.84. The molecule has 0 unspecified atom stereocenters. The van der Waals surface area contributed by atoms with Gasteiger partial charge < -0.3 is 5.32 Å². The van der Waals surface area contributed by atoms with Crippen LogP contribution in [0.4, 0.5) is 5.82 Å². The fourth-order valence-corrected chi connectivity index (χ4v) is 2.60. The van der Waals surface area contributed by atoms with E-state index in [1.165, 1.54) is 5.56 Å². The first-order chi connectivity index (χ1) is 9.74. The van der Waals surface area contributed by atoms with Crippen LogP contribution in [0.1, 0.15) is 37.4 Å². The maximum absolute atomic E-state index is 4.70. The molecule has 0 fully saturated rings. The van der Waals surface area contributed by atoms with Gasteiger partial charge in [0.25, 0.3) is 0 Å². The van der Waals surface area contributed by atoms with Gasteiger partial charge in [0.2, 0.25) is 0 Å². The molecule has 1 aromatic carbocycles. The number of hydrogen-bond donors (Lipinski definition) is 1. The molecule has 0 aliphatic heterocycles. The Morgan fingerprint density at radius 2 is 1.85 bits per heavy atom. The molecule has 2 rings (SSSR count). The van der Waals surface area contributed by atoms with Crippen LogP contribution in [0.25, 0.3) is 0 Å². The lowest BCUT2D eigenvalue weighted by atomic mass is 10.1. The van der Waals surface area contributed by atoms with Gasteiger partial charge in [-0.2, -0.15) is 0 Å². The number of anilines is 1. The van der Waals surface area contributed by atoms with Crippen LogP contribution in [0.3, 0.4) is 0 Å². The van der Waals surface area contributed by atoms with Gasteiger partial charge in [-0.1, -0.05) is 43.7 Å². The van der Waals surface area contributed by atoms with Crippen molar-refractivity contribution in [2.45, 2.75) is 33.1 Å². The van der Waals surface area contributed by atoms with E-state index in [4.69, 9.17) is 4.98 Å². The molecule has 1 heterocycles. The van der Waals surface area contributed by atoms with Crippen molar-refractivity contribution in [3.63, 3.8) is 0 Å². The summed E-state index contributed by atoms with van der Waals surface area (Å²) >= 11 is 3.62. The highest BCUT2D eigenvalue weighted by Gasteiger charge is 2.11. The average Bonchev–Trinajstić information content (AvgIpc) is 2.45. The predicted octanol–water partition coefficient (Wildman–Crippen LogP) is 4.21. The number of aryl methyl sites for hydroxylation is 1. The van der Waals surface area contributed by atoms with E-state index in [-0.39, 0.29) is 0 Å². The smallest absolute Gasteiger partial charge is 0.144 e. The minimum atomic E-state index is 0.767. The van der Waals surface area contributed by atoms with Crippen LogP contribution < -0.4 is 5.32 Å². The summed E-state index contributed by atoms with van der Waals surface area (Å²) in [5.74, 6) is 1.77. The highest BCUT2D eigenvalue weighted by atomic mass is 79.9. The van der Waals surface area contributed by atoms with Crippen LogP contribution in [0.2, 0.25) is 0 Å². The Morgan fingerprint density at radius 3 is 2.50 bits per heavy atom. The van der Waals surface area contributed by atoms with Gasteiger partial charge in [0, 0.05) is 13.0 Å². The molecule has 0 radical (unpaired) electrons. The highest BCUT2D eigenvalue weighted by molar-refractivity contribution is 9.10. The van der Waals surface area contributed by atoms with Crippen molar-refractivity contribution in [3.8, 4) is 0 Å². The summed E-state index contributed by atoms with van der Waals surface area (Å²) in [7, 11) is 0. The van der Waals surface area contributed by atoms with Crippen LogP contribution in [-0.2, 0) is 12.8 Å². The summed E-state index contributed by atoms with van der Waals surface area (Å²) in [6.45, 7) is 5.09. The van der Waals surface area contributed by atoms with Gasteiger partial charge in [-0.3, -0.25) is 0 Å². The van der Waals surface area contributed by atoms with E-state index in [0.29, 0.717) is 0 Å². The summed E-state index contributed by atoms with van der Waals surface area (Å²) in [6, 6.07) is 10.3. The topological polar surface area (TPSA) is 37.8 Å². The molecule has 2 aromatic rings. The molecular formula is C16H20BrN3. The van der Waals surface area contributed by atoms with Crippen molar-refractivity contribution in [2.24, 2.45) is 0 Å². The first-order valence-electron chi connectivity index (χ1n) is 7.07. The standard InChI is InChI=1S/C16H20BrN3/c1-3-8-13-15(17)16(18-4-2)20-14(19-13)11-12-9-6-5-7-10-12/h5-7,9-10H,3-4,8,11H2,1-2H3,(H,18,19,20). The Bertz CT molecular complexity index is 528. The minimum Gasteiger partial charge on any atom is -0.369 e. The summed E-state index contributed by atoms with van der Waals surface area (Å²) in [6.07, 6.45) is 2.80. The maximum Gasteiger partial charge on any atom is 0.144 e. The fourth-order valence-electron chi connectivity index (χ4n) is 2.09. The number of aromatic nitrogens is 2. The van der Waals surface area contributed by atoms with Crippen molar-refractivity contribution in [3.05, 3.63) is 51.9 Å². The van der Waals surface area contributed by atoms with Crippen LogP contribution >= 0.6 is 15.9 Å². The first-order valence-corrected chi connectivity index (χ1v) is 7.87. The fraction of sp³-hybridized carbons (Fsp3) is 0.375. The largest absolute Gasteiger partial charge is 0.369 e. The van der Waals surface area contributed by atoms with Crippen LogP contribution in [-0.4, -0.2) is 16.5 Å². The summed E-state index contributed by atoms with van der Waals surface area (Å²) in [5.41, 5.74) is 2.32. The van der Waals surface area contributed by atoms with Gasteiger partial charge in [-0.05, 0) is 34.8 Å². The molecule has 0 saturated carbocycles. The Morgan fingerprint density at radius 1 is 1.10 bits per heavy atom. The lowest BCUT2D eigenvalue weighted by Crippen LogP contribution is -2.08. The minimum absolute atomic E-state index is 0.767. The monoisotopic (exact) mass is 333 g/mol. The number of nitrogens with zero attached hydrogens (tertiary/aromatic N) is 2. The Hall–Kier alpha value is -1.42. The maximum atomic E-state index is 4.70. The highest BCUT2D eigenvalue weighted by Crippen LogP contribution is 2.25. The predicted molar refractivity (Wildman–Crippen MR) is 87.1 cm³/mol. The molecule has 0 spiro atoms. The molecule has 0 aliphatic rings. The summed E-state index contributed by atoms with van der Waals surface area (Å²) in [4.78, 5) is 9.33. The zero-order valence-corrected chi connectivity index (χ0v) is 13.6. The van der Waals surface area contributed by atoms with Crippen LogP contribution in [0.15, 0.2) is 34.8 Å². The van der Waals surface area contributed by atoms with E-state index in [2.05, 4.69) is 52.2 Å². The average molecular weight is 334 g/mol. The molecule has 20 heavy (non-hydrogen) atoms. The molecular weight excluding hydrogens is 314 g/mol. The Kier molecular flexibility index (Phi) is 5.53. The lowest BCUT2D eigenvalue weighted by Gasteiger charge is -2.12. The number of halogens is 1. The van der Waals surface area contributed by atoms with E-state index < -0.39 is 0 Å². The molecule has 0 atom stereocenters. The second kappa shape index (κ2) is 7.39. The third kappa shape index (κ3) is 3.79. The van der Waals surface area contributed by atoms with E-state index in [0.717, 1.165) is 47.6 Å². The van der Waals surface area contributed by atoms with Gasteiger partial charge in [-0.15, -0.1) is 0 Å². The Balaban J connectivity index is 2.32. The molecule has 106 valence electrons. The summed E-state index contributed by atoms with van der Waals surface area (Å²) < 4.78 is 0.998. The van der Waals surface area contributed by atoms with Crippen molar-refractivity contribution < 1.29 is 0 Å². The number of rotatable bonds is 6. The zero-order chi connectivity index (χ0) is 14.4. The van der Waals surface area contributed by atoms with Crippen molar-refractivity contribution in [1.29, 1.82) is 0 Å². The van der Waals surface area contributed by atoms with Crippen molar-refractivity contribution in [2.75, 3.05) is 11.9 Å². The van der Waals surface area contributed by atoms with E-state index in [9.17, 15) is 0 Å². The molecule has 0 bridgehead atoms. The molecule has 0 aliphatic carbocycles. The molecule has 1 aromatic heterocycles. The quantitative estimate of drug-likeness (QED) is 0.860. The Labute approximate surface area is 129 Å². The van der Waals surface area contributed by atoms with E-state index >= 15 is 0 Å².